The Labute approximate surface area is 128 Å². The minimum Gasteiger partial charge on any atom is -0.331 e. The number of nitrogens with zero attached hydrogens (tertiary/aromatic N) is 2. The van der Waals surface area contributed by atoms with E-state index in [1.54, 1.807) is 4.90 Å². The average molecular weight is 289 g/mol. The number of amides is 2. The summed E-state index contributed by atoms with van der Waals surface area (Å²) in [4.78, 5) is 15.5. The molecule has 21 heavy (non-hydrogen) atoms. The SMILES string of the molecule is Cc1ccc(C(C)NC2CCN(C(=O)N(C)C)CC2)cc1. The van der Waals surface area contributed by atoms with Crippen molar-refractivity contribution < 1.29 is 4.79 Å². The van der Waals surface area contributed by atoms with Gasteiger partial charge < -0.3 is 15.1 Å². The van der Waals surface area contributed by atoms with Crippen molar-refractivity contribution in [2.24, 2.45) is 0 Å². The summed E-state index contributed by atoms with van der Waals surface area (Å²) in [6.07, 6.45) is 2.05. The van der Waals surface area contributed by atoms with E-state index in [1.165, 1.54) is 11.1 Å². The molecule has 1 unspecified atom stereocenters. The summed E-state index contributed by atoms with van der Waals surface area (Å²) in [6.45, 7) is 6.01. The van der Waals surface area contributed by atoms with E-state index in [-0.39, 0.29) is 6.03 Å². The number of carbonyl (C=O) groups excluding carboxylic acids is 1. The second-order valence-corrected chi connectivity index (χ2v) is 6.24. The van der Waals surface area contributed by atoms with Crippen LogP contribution >= 0.6 is 0 Å². The largest absolute Gasteiger partial charge is 0.331 e. The zero-order valence-electron chi connectivity index (χ0n) is 13.6. The molecule has 0 saturated carbocycles. The molecule has 1 fully saturated rings. The van der Waals surface area contributed by atoms with Crippen molar-refractivity contribution in [3.63, 3.8) is 0 Å². The minimum atomic E-state index is 0.125. The second kappa shape index (κ2) is 6.94. The number of carbonyl (C=O) groups is 1. The van der Waals surface area contributed by atoms with Crippen molar-refractivity contribution in [1.29, 1.82) is 0 Å². The first-order valence-corrected chi connectivity index (χ1v) is 7.76. The highest BCUT2D eigenvalue weighted by Crippen LogP contribution is 2.18. The summed E-state index contributed by atoms with van der Waals surface area (Å²) in [6, 6.07) is 9.67. The van der Waals surface area contributed by atoms with Gasteiger partial charge in [0.1, 0.15) is 0 Å². The molecule has 0 bridgehead atoms. The highest BCUT2D eigenvalue weighted by Gasteiger charge is 2.24. The van der Waals surface area contributed by atoms with E-state index in [4.69, 9.17) is 0 Å². The number of urea groups is 1. The zero-order valence-corrected chi connectivity index (χ0v) is 13.6. The summed E-state index contributed by atoms with van der Waals surface area (Å²) in [5.41, 5.74) is 2.62. The van der Waals surface area contributed by atoms with Gasteiger partial charge in [-0.2, -0.15) is 0 Å². The maximum absolute atomic E-state index is 11.9. The molecule has 1 heterocycles. The number of benzene rings is 1. The van der Waals surface area contributed by atoms with Crippen molar-refractivity contribution >= 4 is 6.03 Å². The van der Waals surface area contributed by atoms with Gasteiger partial charge in [0.05, 0.1) is 0 Å². The molecule has 116 valence electrons. The van der Waals surface area contributed by atoms with Crippen molar-refractivity contribution in [3.05, 3.63) is 35.4 Å². The Kier molecular flexibility index (Phi) is 5.23. The maximum Gasteiger partial charge on any atom is 0.319 e. The first kappa shape index (κ1) is 15.8. The molecule has 1 aliphatic rings. The molecule has 2 rings (SSSR count). The van der Waals surface area contributed by atoms with Gasteiger partial charge >= 0.3 is 6.03 Å². The van der Waals surface area contributed by atoms with Crippen LogP contribution in [0.1, 0.15) is 36.9 Å². The number of piperidine rings is 1. The summed E-state index contributed by atoms with van der Waals surface area (Å²) in [5, 5.41) is 3.69. The lowest BCUT2D eigenvalue weighted by atomic mass is 10.0. The van der Waals surface area contributed by atoms with Crippen LogP contribution in [0, 0.1) is 6.92 Å². The van der Waals surface area contributed by atoms with Crippen LogP contribution in [0.15, 0.2) is 24.3 Å². The number of nitrogens with one attached hydrogen (secondary N) is 1. The normalized spacial score (nSPS) is 17.6. The van der Waals surface area contributed by atoms with Gasteiger partial charge in [0.2, 0.25) is 0 Å². The van der Waals surface area contributed by atoms with E-state index in [0.29, 0.717) is 12.1 Å². The zero-order chi connectivity index (χ0) is 15.4. The van der Waals surface area contributed by atoms with Crippen molar-refractivity contribution in [2.75, 3.05) is 27.2 Å². The lowest BCUT2D eigenvalue weighted by Crippen LogP contribution is -2.48. The van der Waals surface area contributed by atoms with E-state index < -0.39 is 0 Å². The lowest BCUT2D eigenvalue weighted by Gasteiger charge is -2.35. The summed E-state index contributed by atoms with van der Waals surface area (Å²) < 4.78 is 0. The minimum absolute atomic E-state index is 0.125. The van der Waals surface area contributed by atoms with Gasteiger partial charge in [0, 0.05) is 39.3 Å². The van der Waals surface area contributed by atoms with E-state index in [2.05, 4.69) is 43.4 Å². The van der Waals surface area contributed by atoms with Gasteiger partial charge in [-0.25, -0.2) is 4.79 Å². The molecule has 1 aromatic rings. The van der Waals surface area contributed by atoms with Crippen LogP contribution in [-0.4, -0.2) is 49.1 Å². The highest BCUT2D eigenvalue weighted by atomic mass is 16.2. The van der Waals surface area contributed by atoms with E-state index in [9.17, 15) is 4.79 Å². The number of hydrogen-bond donors (Lipinski definition) is 1. The molecule has 2 amide bonds. The maximum atomic E-state index is 11.9. The third kappa shape index (κ3) is 4.21. The van der Waals surface area contributed by atoms with E-state index >= 15 is 0 Å². The summed E-state index contributed by atoms with van der Waals surface area (Å²) >= 11 is 0. The van der Waals surface area contributed by atoms with E-state index in [0.717, 1.165) is 25.9 Å². The predicted octanol–water partition coefficient (Wildman–Crippen LogP) is 2.79. The van der Waals surface area contributed by atoms with Gasteiger partial charge in [-0.15, -0.1) is 0 Å². The van der Waals surface area contributed by atoms with Crippen LogP contribution in [0.2, 0.25) is 0 Å². The number of hydrogen-bond acceptors (Lipinski definition) is 2. The quantitative estimate of drug-likeness (QED) is 0.928. The first-order valence-electron chi connectivity index (χ1n) is 7.76. The molecule has 0 spiro atoms. The van der Waals surface area contributed by atoms with Gasteiger partial charge in [0.25, 0.3) is 0 Å². The molecule has 0 radical (unpaired) electrons. The van der Waals surface area contributed by atoms with Crippen molar-refractivity contribution in [2.45, 2.75) is 38.8 Å². The molecule has 1 atom stereocenters. The molecule has 1 N–H and O–H groups in total. The monoisotopic (exact) mass is 289 g/mol. The fourth-order valence-electron chi connectivity index (χ4n) is 2.83. The van der Waals surface area contributed by atoms with Crippen molar-refractivity contribution in [3.8, 4) is 0 Å². The number of rotatable bonds is 3. The Bertz CT molecular complexity index is 461. The predicted molar refractivity (Wildman–Crippen MR) is 86.4 cm³/mol. The first-order chi connectivity index (χ1) is 9.97. The summed E-state index contributed by atoms with van der Waals surface area (Å²) in [7, 11) is 3.62. The molecule has 0 aromatic heterocycles. The molecule has 1 aliphatic heterocycles. The van der Waals surface area contributed by atoms with Crippen molar-refractivity contribution in [1.82, 2.24) is 15.1 Å². The van der Waals surface area contributed by atoms with Crippen LogP contribution in [0.5, 0.6) is 0 Å². The van der Waals surface area contributed by atoms with Crippen LogP contribution in [0.25, 0.3) is 0 Å². The third-order valence-electron chi connectivity index (χ3n) is 4.21. The van der Waals surface area contributed by atoms with Crippen LogP contribution in [0.4, 0.5) is 4.79 Å². The smallest absolute Gasteiger partial charge is 0.319 e. The topological polar surface area (TPSA) is 35.6 Å². The van der Waals surface area contributed by atoms with Crippen LogP contribution in [0.3, 0.4) is 0 Å². The molecule has 4 heteroatoms. The molecular weight excluding hydrogens is 262 g/mol. The standard InChI is InChI=1S/C17H27N3O/c1-13-5-7-15(8-6-13)14(2)18-16-9-11-20(12-10-16)17(21)19(3)4/h5-8,14,16,18H,9-12H2,1-4H3. The van der Waals surface area contributed by atoms with Gasteiger partial charge in [-0.3, -0.25) is 0 Å². The Morgan fingerprint density at radius 2 is 1.81 bits per heavy atom. The third-order valence-corrected chi connectivity index (χ3v) is 4.21. The Morgan fingerprint density at radius 3 is 2.33 bits per heavy atom. The Balaban J connectivity index is 1.83. The average Bonchev–Trinajstić information content (AvgIpc) is 2.47. The molecular formula is C17H27N3O. The lowest BCUT2D eigenvalue weighted by molar-refractivity contribution is 0.151. The van der Waals surface area contributed by atoms with Gasteiger partial charge in [-0.05, 0) is 32.3 Å². The van der Waals surface area contributed by atoms with Gasteiger partial charge in [-0.1, -0.05) is 29.8 Å². The summed E-state index contributed by atoms with van der Waals surface area (Å²) in [5.74, 6) is 0. The highest BCUT2D eigenvalue weighted by molar-refractivity contribution is 5.73. The fourth-order valence-corrected chi connectivity index (χ4v) is 2.83. The number of likely N-dealkylation sites (tertiary alicyclic amines) is 1. The van der Waals surface area contributed by atoms with Crippen LogP contribution in [-0.2, 0) is 0 Å². The molecule has 0 aliphatic carbocycles. The molecule has 1 aromatic carbocycles. The van der Waals surface area contributed by atoms with E-state index in [1.807, 2.05) is 19.0 Å². The Hall–Kier alpha value is -1.55. The molecule has 1 saturated heterocycles. The fraction of sp³-hybridized carbons (Fsp3) is 0.588. The number of aryl methyl sites for hydroxylation is 1. The Morgan fingerprint density at radius 1 is 1.24 bits per heavy atom. The van der Waals surface area contributed by atoms with Gasteiger partial charge in [0.15, 0.2) is 0 Å². The second-order valence-electron chi connectivity index (χ2n) is 6.24. The molecule has 4 nitrogen and oxygen atoms in total. The van der Waals surface area contributed by atoms with Crippen LogP contribution < -0.4 is 5.32 Å².